The van der Waals surface area contributed by atoms with Crippen molar-refractivity contribution in [2.24, 2.45) is 0 Å². The van der Waals surface area contributed by atoms with E-state index in [4.69, 9.17) is 4.74 Å². The van der Waals surface area contributed by atoms with E-state index in [9.17, 15) is 9.59 Å². The molecule has 0 spiro atoms. The van der Waals surface area contributed by atoms with Crippen LogP contribution in [0.1, 0.15) is 16.7 Å². The Morgan fingerprint density at radius 2 is 1.92 bits per heavy atom. The summed E-state index contributed by atoms with van der Waals surface area (Å²) in [6.45, 7) is 4.60. The van der Waals surface area contributed by atoms with Gasteiger partial charge < -0.3 is 15.0 Å². The van der Waals surface area contributed by atoms with Crippen LogP contribution < -0.4 is 5.32 Å². The lowest BCUT2D eigenvalue weighted by atomic mass is 10.1. The largest absolute Gasteiger partial charge is 0.369 e. The summed E-state index contributed by atoms with van der Waals surface area (Å²) in [6.07, 6.45) is 0. The van der Waals surface area contributed by atoms with Crippen LogP contribution in [0.3, 0.4) is 0 Å². The number of hydrogen-bond donors (Lipinski definition) is 1. The fourth-order valence-corrected chi connectivity index (χ4v) is 2.86. The van der Waals surface area contributed by atoms with Crippen LogP contribution in [0.5, 0.6) is 0 Å². The molecule has 2 aromatic carbocycles. The quantitative estimate of drug-likeness (QED) is 0.932. The van der Waals surface area contributed by atoms with Crippen LogP contribution in [0, 0.1) is 13.8 Å². The first-order chi connectivity index (χ1) is 12.0. The number of hydrogen-bond acceptors (Lipinski definition) is 3. The first-order valence-electron chi connectivity index (χ1n) is 8.33. The standard InChI is InChI=1S/C20H22N2O3/c1-14-6-8-16(9-7-14)11-22-18(12-25-13-19(22)23)20(24)21-17-5-3-4-15(2)10-17/h3-10,18H,11-13H2,1-2H3,(H,21,24)/t18-/m0/s1. The zero-order valence-corrected chi connectivity index (χ0v) is 14.5. The Balaban J connectivity index is 1.75. The lowest BCUT2D eigenvalue weighted by Crippen LogP contribution is -2.54. The van der Waals surface area contributed by atoms with E-state index in [1.165, 1.54) is 0 Å². The smallest absolute Gasteiger partial charge is 0.249 e. The molecule has 130 valence electrons. The minimum absolute atomic E-state index is 0.0140. The lowest BCUT2D eigenvalue weighted by molar-refractivity contribution is -0.154. The van der Waals surface area contributed by atoms with Gasteiger partial charge in [0, 0.05) is 12.2 Å². The molecule has 1 N–H and O–H groups in total. The maximum absolute atomic E-state index is 12.7. The fourth-order valence-electron chi connectivity index (χ4n) is 2.86. The van der Waals surface area contributed by atoms with Gasteiger partial charge in [-0.25, -0.2) is 0 Å². The van der Waals surface area contributed by atoms with Crippen molar-refractivity contribution in [3.8, 4) is 0 Å². The Morgan fingerprint density at radius 3 is 2.64 bits per heavy atom. The molecule has 1 heterocycles. The van der Waals surface area contributed by atoms with E-state index < -0.39 is 6.04 Å². The molecule has 1 atom stereocenters. The molecule has 2 amide bonds. The van der Waals surface area contributed by atoms with E-state index in [-0.39, 0.29) is 25.0 Å². The van der Waals surface area contributed by atoms with Crippen LogP contribution in [0.25, 0.3) is 0 Å². The highest BCUT2D eigenvalue weighted by Crippen LogP contribution is 2.17. The van der Waals surface area contributed by atoms with Gasteiger partial charge in [0.2, 0.25) is 11.8 Å². The zero-order valence-electron chi connectivity index (χ0n) is 14.5. The van der Waals surface area contributed by atoms with E-state index >= 15 is 0 Å². The van der Waals surface area contributed by atoms with Gasteiger partial charge >= 0.3 is 0 Å². The van der Waals surface area contributed by atoms with Crippen LogP contribution in [0.15, 0.2) is 48.5 Å². The Labute approximate surface area is 147 Å². The Bertz CT molecular complexity index is 771. The second-order valence-corrected chi connectivity index (χ2v) is 6.40. The molecule has 5 nitrogen and oxygen atoms in total. The molecule has 0 radical (unpaired) electrons. The Morgan fingerprint density at radius 1 is 1.16 bits per heavy atom. The van der Waals surface area contributed by atoms with Crippen LogP contribution in [0.2, 0.25) is 0 Å². The van der Waals surface area contributed by atoms with Crippen molar-refractivity contribution in [2.45, 2.75) is 26.4 Å². The number of morpholine rings is 1. The molecule has 1 aliphatic heterocycles. The molecule has 1 saturated heterocycles. The molecule has 5 heteroatoms. The van der Waals surface area contributed by atoms with E-state index in [0.29, 0.717) is 6.54 Å². The molecular weight excluding hydrogens is 316 g/mol. The van der Waals surface area contributed by atoms with Gasteiger partial charge in [-0.1, -0.05) is 42.0 Å². The van der Waals surface area contributed by atoms with Crippen molar-refractivity contribution in [3.63, 3.8) is 0 Å². The number of nitrogens with zero attached hydrogens (tertiary/aromatic N) is 1. The number of carbonyl (C=O) groups is 2. The van der Waals surface area contributed by atoms with Gasteiger partial charge in [0.25, 0.3) is 0 Å². The number of anilines is 1. The van der Waals surface area contributed by atoms with Gasteiger partial charge in [-0.3, -0.25) is 9.59 Å². The number of nitrogens with one attached hydrogen (secondary N) is 1. The van der Waals surface area contributed by atoms with E-state index in [1.807, 2.05) is 62.4 Å². The molecule has 2 aromatic rings. The summed E-state index contributed by atoms with van der Waals surface area (Å²) in [4.78, 5) is 26.6. The van der Waals surface area contributed by atoms with Crippen molar-refractivity contribution < 1.29 is 14.3 Å². The number of carbonyl (C=O) groups excluding carboxylic acids is 2. The number of aryl methyl sites for hydroxylation is 2. The Hall–Kier alpha value is -2.66. The Kier molecular flexibility index (Phi) is 5.14. The summed E-state index contributed by atoms with van der Waals surface area (Å²) < 4.78 is 5.31. The predicted octanol–water partition coefficient (Wildman–Crippen LogP) is 2.67. The van der Waals surface area contributed by atoms with Crippen LogP contribution >= 0.6 is 0 Å². The van der Waals surface area contributed by atoms with Crippen molar-refractivity contribution in [3.05, 3.63) is 65.2 Å². The predicted molar refractivity (Wildman–Crippen MR) is 96.1 cm³/mol. The second-order valence-electron chi connectivity index (χ2n) is 6.40. The van der Waals surface area contributed by atoms with Gasteiger partial charge in [-0.05, 0) is 37.1 Å². The highest BCUT2D eigenvalue weighted by Gasteiger charge is 2.34. The van der Waals surface area contributed by atoms with Crippen LogP contribution in [-0.2, 0) is 20.9 Å². The van der Waals surface area contributed by atoms with E-state index in [1.54, 1.807) is 4.90 Å². The van der Waals surface area contributed by atoms with Gasteiger partial charge in [-0.2, -0.15) is 0 Å². The first kappa shape index (κ1) is 17.2. The summed E-state index contributed by atoms with van der Waals surface area (Å²) in [6, 6.07) is 14.9. The summed E-state index contributed by atoms with van der Waals surface area (Å²) in [5.74, 6) is -0.401. The number of amides is 2. The molecular formula is C20H22N2O3. The summed E-state index contributed by atoms with van der Waals surface area (Å²) in [5.41, 5.74) is 3.93. The summed E-state index contributed by atoms with van der Waals surface area (Å²) in [5, 5.41) is 2.89. The third-order valence-corrected chi connectivity index (χ3v) is 4.26. The molecule has 0 aliphatic carbocycles. The van der Waals surface area contributed by atoms with E-state index in [2.05, 4.69) is 5.32 Å². The first-order valence-corrected chi connectivity index (χ1v) is 8.33. The normalized spacial score (nSPS) is 17.4. The summed E-state index contributed by atoms with van der Waals surface area (Å²) in [7, 11) is 0. The maximum Gasteiger partial charge on any atom is 0.249 e. The third-order valence-electron chi connectivity index (χ3n) is 4.26. The second kappa shape index (κ2) is 7.49. The molecule has 1 fully saturated rings. The van der Waals surface area contributed by atoms with Gasteiger partial charge in [0.1, 0.15) is 12.6 Å². The van der Waals surface area contributed by atoms with Gasteiger partial charge in [-0.15, -0.1) is 0 Å². The molecule has 0 bridgehead atoms. The van der Waals surface area contributed by atoms with E-state index in [0.717, 1.165) is 22.4 Å². The molecule has 1 aliphatic rings. The van der Waals surface area contributed by atoms with Crippen molar-refractivity contribution in [1.29, 1.82) is 0 Å². The minimum atomic E-state index is -0.636. The average molecular weight is 338 g/mol. The van der Waals surface area contributed by atoms with Crippen molar-refractivity contribution in [2.75, 3.05) is 18.5 Å². The number of rotatable bonds is 4. The number of ether oxygens (including phenoxy) is 1. The van der Waals surface area contributed by atoms with Crippen LogP contribution in [-0.4, -0.2) is 36.0 Å². The van der Waals surface area contributed by atoms with Gasteiger partial charge in [0.05, 0.1) is 6.61 Å². The number of benzene rings is 2. The fraction of sp³-hybridized carbons (Fsp3) is 0.300. The molecule has 0 saturated carbocycles. The molecule has 25 heavy (non-hydrogen) atoms. The molecule has 0 unspecified atom stereocenters. The summed E-state index contributed by atoms with van der Waals surface area (Å²) >= 11 is 0. The molecule has 0 aromatic heterocycles. The van der Waals surface area contributed by atoms with Crippen LogP contribution in [0.4, 0.5) is 5.69 Å². The highest BCUT2D eigenvalue weighted by atomic mass is 16.5. The monoisotopic (exact) mass is 338 g/mol. The van der Waals surface area contributed by atoms with Crippen molar-refractivity contribution >= 4 is 17.5 Å². The maximum atomic E-state index is 12.7. The SMILES string of the molecule is Cc1ccc(CN2C(=O)COC[C@H]2C(=O)Nc2cccc(C)c2)cc1. The zero-order chi connectivity index (χ0) is 17.8. The minimum Gasteiger partial charge on any atom is -0.369 e. The third kappa shape index (κ3) is 4.25. The average Bonchev–Trinajstić information content (AvgIpc) is 2.58. The topological polar surface area (TPSA) is 58.6 Å². The van der Waals surface area contributed by atoms with Crippen molar-refractivity contribution in [1.82, 2.24) is 4.90 Å². The van der Waals surface area contributed by atoms with Gasteiger partial charge in [0.15, 0.2) is 0 Å². The lowest BCUT2D eigenvalue weighted by Gasteiger charge is -2.34. The molecule has 3 rings (SSSR count). The highest BCUT2D eigenvalue weighted by molar-refractivity contribution is 5.98.